The first-order valence-electron chi connectivity index (χ1n) is 9.33. The van der Waals surface area contributed by atoms with Crippen LogP contribution in [0.4, 0.5) is 0 Å². The Kier molecular flexibility index (Phi) is 8.03. The Morgan fingerprint density at radius 3 is 2.52 bits per heavy atom. The minimum Gasteiger partial charge on any atom is -0.496 e. The third-order valence-corrected chi connectivity index (χ3v) is 6.73. The summed E-state index contributed by atoms with van der Waals surface area (Å²) in [5, 5.41) is 6.15. The Hall–Kier alpha value is -1.68. The smallest absolute Gasteiger partial charge is 0.255 e. The van der Waals surface area contributed by atoms with Gasteiger partial charge in [0.25, 0.3) is 5.91 Å². The molecule has 1 aromatic rings. The zero-order chi connectivity index (χ0) is 19.9. The van der Waals surface area contributed by atoms with Crippen LogP contribution in [0.5, 0.6) is 5.75 Å². The molecule has 1 aliphatic rings. The summed E-state index contributed by atoms with van der Waals surface area (Å²) in [6.07, 6.45) is 0. The summed E-state index contributed by atoms with van der Waals surface area (Å²) in [6, 6.07) is 4.40. The molecule has 1 fully saturated rings. The quantitative estimate of drug-likeness (QED) is 0.624. The Labute approximate surface area is 161 Å². The van der Waals surface area contributed by atoms with Gasteiger partial charge in [-0.3, -0.25) is 9.69 Å². The molecule has 2 rings (SSSR count). The largest absolute Gasteiger partial charge is 0.496 e. The summed E-state index contributed by atoms with van der Waals surface area (Å²) in [7, 11) is -2.17. The summed E-state index contributed by atoms with van der Waals surface area (Å²) < 4.78 is 32.1. The van der Waals surface area contributed by atoms with Crippen LogP contribution in [0.3, 0.4) is 0 Å². The molecule has 1 heterocycles. The van der Waals surface area contributed by atoms with Gasteiger partial charge in [0.2, 0.25) is 10.0 Å². The molecule has 0 atom stereocenters. The zero-order valence-corrected chi connectivity index (χ0v) is 17.1. The van der Waals surface area contributed by atoms with Crippen molar-refractivity contribution in [3.63, 3.8) is 0 Å². The molecule has 1 aromatic carbocycles. The molecule has 0 aromatic heterocycles. The predicted octanol–water partition coefficient (Wildman–Crippen LogP) is 0.361. The maximum Gasteiger partial charge on any atom is 0.255 e. The molecular weight excluding hydrogens is 368 g/mol. The number of nitrogens with one attached hydrogen (secondary N) is 2. The van der Waals surface area contributed by atoms with Crippen LogP contribution in [0.2, 0.25) is 0 Å². The van der Waals surface area contributed by atoms with E-state index in [1.165, 1.54) is 29.6 Å². The highest BCUT2D eigenvalue weighted by Crippen LogP contribution is 2.24. The minimum atomic E-state index is -3.64. The van der Waals surface area contributed by atoms with Gasteiger partial charge in [-0.15, -0.1) is 0 Å². The first-order chi connectivity index (χ1) is 12.9. The van der Waals surface area contributed by atoms with Crippen molar-refractivity contribution in [1.29, 1.82) is 0 Å². The fourth-order valence-corrected chi connectivity index (χ4v) is 4.58. The van der Waals surface area contributed by atoms with Crippen molar-refractivity contribution < 1.29 is 17.9 Å². The SMILES string of the molecule is CCN(CC)S(=O)(=O)c1ccc(OC)c(C(=O)NCCN2CCNCC2)c1. The van der Waals surface area contributed by atoms with E-state index < -0.39 is 10.0 Å². The maximum absolute atomic E-state index is 12.7. The van der Waals surface area contributed by atoms with Gasteiger partial charge in [-0.05, 0) is 18.2 Å². The Bertz CT molecular complexity index is 729. The molecule has 1 saturated heterocycles. The van der Waals surface area contributed by atoms with Gasteiger partial charge >= 0.3 is 0 Å². The number of piperazine rings is 1. The number of methoxy groups -OCH3 is 1. The summed E-state index contributed by atoms with van der Waals surface area (Å²) in [5.41, 5.74) is 0.228. The summed E-state index contributed by atoms with van der Waals surface area (Å²) in [6.45, 7) is 9.38. The predicted molar refractivity (Wildman–Crippen MR) is 105 cm³/mol. The molecule has 0 saturated carbocycles. The lowest BCUT2D eigenvalue weighted by Gasteiger charge is -2.27. The van der Waals surface area contributed by atoms with E-state index in [9.17, 15) is 13.2 Å². The standard InChI is InChI=1S/C18H30N4O4S/c1-4-22(5-2)27(24,25)15-6-7-17(26-3)16(14-15)18(23)20-10-13-21-11-8-19-9-12-21/h6-7,14,19H,4-5,8-13H2,1-3H3,(H,20,23). The van der Waals surface area contributed by atoms with E-state index in [2.05, 4.69) is 15.5 Å². The summed E-state index contributed by atoms with van der Waals surface area (Å²) in [5.74, 6) is 0.0201. The number of ether oxygens (including phenoxy) is 1. The lowest BCUT2D eigenvalue weighted by atomic mass is 10.2. The fourth-order valence-electron chi connectivity index (χ4n) is 3.10. The Morgan fingerprint density at radius 2 is 1.93 bits per heavy atom. The summed E-state index contributed by atoms with van der Waals surface area (Å²) >= 11 is 0. The van der Waals surface area contributed by atoms with Gasteiger partial charge in [-0.25, -0.2) is 8.42 Å². The number of benzene rings is 1. The van der Waals surface area contributed by atoms with Gasteiger partial charge < -0.3 is 15.4 Å². The zero-order valence-electron chi connectivity index (χ0n) is 16.3. The maximum atomic E-state index is 12.7. The average molecular weight is 399 g/mol. The van der Waals surface area contributed by atoms with Gasteiger partial charge in [0.05, 0.1) is 17.6 Å². The normalized spacial score (nSPS) is 15.7. The van der Waals surface area contributed by atoms with Crippen molar-refractivity contribution in [2.24, 2.45) is 0 Å². The molecule has 152 valence electrons. The van der Waals surface area contributed by atoms with E-state index in [0.717, 1.165) is 32.7 Å². The third kappa shape index (κ3) is 5.41. The van der Waals surface area contributed by atoms with Crippen LogP contribution < -0.4 is 15.4 Å². The van der Waals surface area contributed by atoms with E-state index >= 15 is 0 Å². The molecule has 9 heteroatoms. The second-order valence-electron chi connectivity index (χ2n) is 6.30. The van der Waals surface area contributed by atoms with E-state index in [-0.39, 0.29) is 16.4 Å². The number of carbonyl (C=O) groups excluding carboxylic acids is 1. The van der Waals surface area contributed by atoms with Gasteiger partial charge in [0.15, 0.2) is 0 Å². The highest BCUT2D eigenvalue weighted by molar-refractivity contribution is 7.89. The van der Waals surface area contributed by atoms with Crippen LogP contribution in [0.25, 0.3) is 0 Å². The van der Waals surface area contributed by atoms with Crippen LogP contribution in [-0.4, -0.2) is 83.0 Å². The first-order valence-corrected chi connectivity index (χ1v) is 10.8. The molecule has 1 amide bonds. The number of hydrogen-bond acceptors (Lipinski definition) is 6. The molecule has 0 unspecified atom stereocenters. The molecule has 0 bridgehead atoms. The number of amides is 1. The summed E-state index contributed by atoms with van der Waals surface area (Å²) in [4.78, 5) is 15.0. The Balaban J connectivity index is 2.13. The van der Waals surface area contributed by atoms with E-state index in [1.54, 1.807) is 13.8 Å². The van der Waals surface area contributed by atoms with Crippen molar-refractivity contribution >= 4 is 15.9 Å². The lowest BCUT2D eigenvalue weighted by Crippen LogP contribution is -2.46. The van der Waals surface area contributed by atoms with Crippen molar-refractivity contribution in [2.75, 3.05) is 59.5 Å². The molecule has 0 spiro atoms. The van der Waals surface area contributed by atoms with E-state index in [0.29, 0.717) is 25.4 Å². The van der Waals surface area contributed by atoms with E-state index in [4.69, 9.17) is 4.74 Å². The topological polar surface area (TPSA) is 91.0 Å². The first kappa shape index (κ1) is 21.6. The lowest BCUT2D eigenvalue weighted by molar-refractivity contribution is 0.0944. The molecule has 2 N–H and O–H groups in total. The van der Waals surface area contributed by atoms with Gasteiger partial charge in [0, 0.05) is 52.4 Å². The molecule has 27 heavy (non-hydrogen) atoms. The highest BCUT2D eigenvalue weighted by atomic mass is 32.2. The number of nitrogens with zero attached hydrogens (tertiary/aromatic N) is 2. The monoisotopic (exact) mass is 398 g/mol. The van der Waals surface area contributed by atoms with Crippen molar-refractivity contribution in [2.45, 2.75) is 18.7 Å². The van der Waals surface area contributed by atoms with Crippen LogP contribution in [0.1, 0.15) is 24.2 Å². The minimum absolute atomic E-state index is 0.0965. The second-order valence-corrected chi connectivity index (χ2v) is 8.24. The van der Waals surface area contributed by atoms with Crippen molar-refractivity contribution in [3.8, 4) is 5.75 Å². The molecular formula is C18H30N4O4S. The molecule has 0 aliphatic carbocycles. The molecule has 1 aliphatic heterocycles. The molecule has 8 nitrogen and oxygen atoms in total. The van der Waals surface area contributed by atoms with Gasteiger partial charge in [0.1, 0.15) is 5.75 Å². The van der Waals surface area contributed by atoms with Crippen LogP contribution in [0, 0.1) is 0 Å². The fraction of sp³-hybridized carbons (Fsp3) is 0.611. The number of sulfonamides is 1. The third-order valence-electron chi connectivity index (χ3n) is 4.68. The van der Waals surface area contributed by atoms with Gasteiger partial charge in [-0.1, -0.05) is 13.8 Å². The van der Waals surface area contributed by atoms with Crippen molar-refractivity contribution in [3.05, 3.63) is 23.8 Å². The van der Waals surface area contributed by atoms with Crippen molar-refractivity contribution in [1.82, 2.24) is 19.8 Å². The number of carbonyl (C=O) groups is 1. The second kappa shape index (κ2) is 10.0. The average Bonchev–Trinajstić information content (AvgIpc) is 2.69. The van der Waals surface area contributed by atoms with Crippen LogP contribution in [-0.2, 0) is 10.0 Å². The van der Waals surface area contributed by atoms with Crippen LogP contribution in [0.15, 0.2) is 23.1 Å². The van der Waals surface area contributed by atoms with E-state index in [1.807, 2.05) is 0 Å². The highest BCUT2D eigenvalue weighted by Gasteiger charge is 2.24. The number of rotatable bonds is 9. The Morgan fingerprint density at radius 1 is 1.26 bits per heavy atom. The van der Waals surface area contributed by atoms with Crippen LogP contribution >= 0.6 is 0 Å². The molecule has 0 radical (unpaired) electrons. The van der Waals surface area contributed by atoms with Gasteiger partial charge in [-0.2, -0.15) is 4.31 Å². The number of hydrogen-bond donors (Lipinski definition) is 2.